The van der Waals surface area contributed by atoms with Crippen molar-refractivity contribution in [3.8, 4) is 10.8 Å². The molecule has 2 heterocycles. The van der Waals surface area contributed by atoms with Crippen LogP contribution in [0.15, 0.2) is 52.5 Å². The average Bonchev–Trinajstić information content (AvgIpc) is 3.41. The molecule has 1 atom stereocenters. The van der Waals surface area contributed by atoms with Crippen molar-refractivity contribution in [2.24, 2.45) is 0 Å². The molecule has 0 saturated heterocycles. The van der Waals surface area contributed by atoms with E-state index < -0.39 is 17.9 Å². The van der Waals surface area contributed by atoms with E-state index in [0.717, 1.165) is 4.88 Å². The number of amides is 1. The minimum atomic E-state index is -0.783. The number of thiophene rings is 1. The summed E-state index contributed by atoms with van der Waals surface area (Å²) < 4.78 is 10.8. The summed E-state index contributed by atoms with van der Waals surface area (Å²) in [6, 6.07) is 9.70. The van der Waals surface area contributed by atoms with E-state index in [-0.39, 0.29) is 6.61 Å². The van der Waals surface area contributed by atoms with E-state index in [1.807, 2.05) is 23.8 Å². The Labute approximate surface area is 181 Å². The number of hydrogen-bond donors (Lipinski definition) is 1. The molecule has 0 aliphatic rings. The molecule has 0 spiro atoms. The second kappa shape index (κ2) is 10.5. The topological polar surface area (TPSA) is 81.4 Å². The maximum Gasteiger partial charge on any atom is 0.329 e. The van der Waals surface area contributed by atoms with Crippen LogP contribution in [0.3, 0.4) is 0 Å². The van der Waals surface area contributed by atoms with Gasteiger partial charge in [0.2, 0.25) is 5.89 Å². The van der Waals surface area contributed by atoms with Crippen molar-refractivity contribution in [2.45, 2.75) is 19.1 Å². The first-order chi connectivity index (χ1) is 14.1. The molecule has 0 aliphatic carbocycles. The van der Waals surface area contributed by atoms with Crippen molar-refractivity contribution in [1.82, 2.24) is 10.3 Å². The molecule has 2 aromatic heterocycles. The lowest BCUT2D eigenvalue weighted by Gasteiger charge is -2.17. The fourth-order valence-corrected chi connectivity index (χ4v) is 3.85. The number of carbonyl (C=O) groups is 2. The summed E-state index contributed by atoms with van der Waals surface area (Å²) in [5.74, 6) is 0.229. The third-order valence-corrected chi connectivity index (χ3v) is 5.80. The van der Waals surface area contributed by atoms with Gasteiger partial charge < -0.3 is 14.5 Å². The van der Waals surface area contributed by atoms with Gasteiger partial charge in [0, 0.05) is 0 Å². The fourth-order valence-electron chi connectivity index (χ4n) is 2.50. The second-order valence-corrected chi connectivity index (χ2v) is 8.36. The van der Waals surface area contributed by atoms with Gasteiger partial charge in [0.05, 0.1) is 15.5 Å². The van der Waals surface area contributed by atoms with Crippen molar-refractivity contribution >= 4 is 46.6 Å². The van der Waals surface area contributed by atoms with E-state index in [4.69, 9.17) is 20.8 Å². The summed E-state index contributed by atoms with van der Waals surface area (Å²) in [5.41, 5.74) is 0.816. The zero-order valence-corrected chi connectivity index (χ0v) is 18.0. The summed E-state index contributed by atoms with van der Waals surface area (Å²) in [6.45, 7) is -0.0363. The first-order valence-corrected chi connectivity index (χ1v) is 11.4. The summed E-state index contributed by atoms with van der Waals surface area (Å²) in [4.78, 5) is 30.3. The van der Waals surface area contributed by atoms with Crippen LogP contribution in [0.5, 0.6) is 0 Å². The van der Waals surface area contributed by atoms with Crippen LogP contribution in [0, 0.1) is 0 Å². The third-order valence-electron chi connectivity index (χ3n) is 3.96. The molecule has 0 radical (unpaired) electrons. The summed E-state index contributed by atoms with van der Waals surface area (Å²) in [7, 11) is 0. The number of ether oxygens (including phenoxy) is 1. The maximum atomic E-state index is 12.6. The van der Waals surface area contributed by atoms with Crippen LogP contribution in [0.2, 0.25) is 5.02 Å². The van der Waals surface area contributed by atoms with Crippen LogP contribution in [0.4, 0.5) is 0 Å². The molecule has 3 rings (SSSR count). The summed E-state index contributed by atoms with van der Waals surface area (Å²) in [6.07, 6.45) is 3.83. The van der Waals surface area contributed by atoms with Gasteiger partial charge in [-0.25, -0.2) is 9.78 Å². The zero-order valence-electron chi connectivity index (χ0n) is 15.6. The number of halogens is 1. The highest BCUT2D eigenvalue weighted by Crippen LogP contribution is 2.24. The Balaban J connectivity index is 1.61. The Hall–Kier alpha value is -2.29. The Kier molecular flexibility index (Phi) is 7.74. The molecular formula is C20H19ClN2O4S2. The highest BCUT2D eigenvalue weighted by Gasteiger charge is 2.24. The van der Waals surface area contributed by atoms with Gasteiger partial charge in [-0.3, -0.25) is 4.79 Å². The van der Waals surface area contributed by atoms with Crippen LogP contribution in [-0.4, -0.2) is 34.9 Å². The molecule has 0 fully saturated rings. The lowest BCUT2D eigenvalue weighted by Crippen LogP contribution is -2.42. The van der Waals surface area contributed by atoms with E-state index in [1.165, 1.54) is 17.6 Å². The van der Waals surface area contributed by atoms with Crippen molar-refractivity contribution in [3.05, 3.63) is 64.3 Å². The quantitative estimate of drug-likeness (QED) is 0.478. The predicted molar refractivity (Wildman–Crippen MR) is 115 cm³/mol. The number of nitrogens with one attached hydrogen (secondary N) is 1. The molecule has 152 valence electrons. The SMILES string of the molecule is CSCCC(NC(=O)c1ccccc1Cl)C(=O)OCc1coc(-c2cccs2)n1. The van der Waals surface area contributed by atoms with Crippen molar-refractivity contribution in [1.29, 1.82) is 0 Å². The van der Waals surface area contributed by atoms with Crippen LogP contribution >= 0.6 is 34.7 Å². The number of aromatic nitrogens is 1. The number of benzene rings is 1. The van der Waals surface area contributed by atoms with E-state index in [0.29, 0.717) is 34.3 Å². The molecule has 9 heteroatoms. The van der Waals surface area contributed by atoms with Crippen LogP contribution in [0.25, 0.3) is 10.8 Å². The molecule has 3 aromatic rings. The molecule has 0 aliphatic heterocycles. The third kappa shape index (κ3) is 5.85. The monoisotopic (exact) mass is 450 g/mol. The number of esters is 1. The van der Waals surface area contributed by atoms with Gasteiger partial charge in [0.1, 0.15) is 24.6 Å². The second-order valence-electron chi connectivity index (χ2n) is 6.02. The lowest BCUT2D eigenvalue weighted by atomic mass is 10.1. The van der Waals surface area contributed by atoms with Gasteiger partial charge >= 0.3 is 5.97 Å². The van der Waals surface area contributed by atoms with Crippen molar-refractivity contribution in [3.63, 3.8) is 0 Å². The summed E-state index contributed by atoms with van der Waals surface area (Å²) >= 11 is 9.16. The van der Waals surface area contributed by atoms with Gasteiger partial charge in [0.15, 0.2) is 0 Å². The van der Waals surface area contributed by atoms with Gasteiger partial charge in [-0.05, 0) is 42.0 Å². The Morgan fingerprint density at radius 2 is 2.14 bits per heavy atom. The Morgan fingerprint density at radius 3 is 2.86 bits per heavy atom. The van der Waals surface area contributed by atoms with E-state index in [1.54, 1.807) is 36.0 Å². The zero-order chi connectivity index (χ0) is 20.6. The number of rotatable bonds is 9. The molecule has 1 amide bonds. The molecule has 0 bridgehead atoms. The minimum absolute atomic E-state index is 0.0363. The molecule has 1 aromatic carbocycles. The van der Waals surface area contributed by atoms with Gasteiger partial charge in [-0.15, -0.1) is 11.3 Å². The highest BCUT2D eigenvalue weighted by molar-refractivity contribution is 7.98. The maximum absolute atomic E-state index is 12.6. The van der Waals surface area contributed by atoms with Crippen molar-refractivity contribution < 1.29 is 18.7 Å². The normalized spacial score (nSPS) is 11.8. The Morgan fingerprint density at radius 1 is 1.31 bits per heavy atom. The van der Waals surface area contributed by atoms with Gasteiger partial charge in [0.25, 0.3) is 5.91 Å². The molecule has 0 saturated carbocycles. The smallest absolute Gasteiger partial charge is 0.329 e. The summed E-state index contributed by atoms with van der Waals surface area (Å²) in [5, 5.41) is 4.97. The first kappa shape index (κ1) is 21.4. The van der Waals surface area contributed by atoms with E-state index in [9.17, 15) is 9.59 Å². The van der Waals surface area contributed by atoms with Gasteiger partial charge in [-0.1, -0.05) is 29.8 Å². The van der Waals surface area contributed by atoms with Crippen LogP contribution in [-0.2, 0) is 16.1 Å². The standard InChI is InChI=1S/C20H19ClN2O4S2/c1-28-10-8-16(23-18(24)14-5-2-3-6-15(14)21)20(25)27-12-13-11-26-19(22-13)17-7-4-9-29-17/h2-7,9,11,16H,8,10,12H2,1H3,(H,23,24). The van der Waals surface area contributed by atoms with Gasteiger partial charge in [-0.2, -0.15) is 11.8 Å². The lowest BCUT2D eigenvalue weighted by molar-refractivity contribution is -0.147. The number of hydrogen-bond acceptors (Lipinski definition) is 7. The van der Waals surface area contributed by atoms with E-state index in [2.05, 4.69) is 10.3 Å². The average molecular weight is 451 g/mol. The largest absolute Gasteiger partial charge is 0.458 e. The molecular weight excluding hydrogens is 432 g/mol. The number of oxazole rings is 1. The van der Waals surface area contributed by atoms with Crippen molar-refractivity contribution in [2.75, 3.05) is 12.0 Å². The fraction of sp³-hybridized carbons (Fsp3) is 0.250. The van der Waals surface area contributed by atoms with Crippen LogP contribution in [0.1, 0.15) is 22.5 Å². The number of nitrogens with zero attached hydrogens (tertiary/aromatic N) is 1. The highest BCUT2D eigenvalue weighted by atomic mass is 35.5. The molecule has 29 heavy (non-hydrogen) atoms. The van der Waals surface area contributed by atoms with E-state index >= 15 is 0 Å². The molecule has 1 unspecified atom stereocenters. The molecule has 6 nitrogen and oxygen atoms in total. The molecule has 1 N–H and O–H groups in total. The Bertz CT molecular complexity index is 959. The predicted octanol–water partition coefficient (Wildman–Crippen LogP) is 4.65. The number of thioether (sulfide) groups is 1. The minimum Gasteiger partial charge on any atom is -0.458 e. The first-order valence-electron chi connectivity index (χ1n) is 8.77. The number of carbonyl (C=O) groups excluding carboxylic acids is 2. The van der Waals surface area contributed by atoms with Crippen LogP contribution < -0.4 is 5.32 Å².